The van der Waals surface area contributed by atoms with Crippen LogP contribution in [0.25, 0.3) is 0 Å². The summed E-state index contributed by atoms with van der Waals surface area (Å²) < 4.78 is 5.68. The van der Waals surface area contributed by atoms with Crippen molar-refractivity contribution < 1.29 is 9.53 Å². The number of hydrogen-bond acceptors (Lipinski definition) is 3. The van der Waals surface area contributed by atoms with Crippen molar-refractivity contribution in [3.05, 3.63) is 0 Å². The number of rotatable bonds is 2. The van der Waals surface area contributed by atoms with Crippen LogP contribution in [0.4, 0.5) is 0 Å². The summed E-state index contributed by atoms with van der Waals surface area (Å²) >= 11 is 0. The van der Waals surface area contributed by atoms with Gasteiger partial charge >= 0.3 is 0 Å². The Morgan fingerprint density at radius 3 is 2.40 bits per heavy atom. The molecule has 2 rings (SSSR count). The second-order valence-corrected chi connectivity index (χ2v) is 5.42. The van der Waals surface area contributed by atoms with Crippen molar-refractivity contribution in [2.45, 2.75) is 50.9 Å². The molecule has 2 aliphatic rings. The number of carbonyl (C=O) groups excluding carboxylic acids is 1. The van der Waals surface area contributed by atoms with Crippen LogP contribution in [0.5, 0.6) is 0 Å². The number of likely N-dealkylation sites (tertiary alicyclic amines) is 1. The predicted molar refractivity (Wildman–Crippen MR) is 57.4 cm³/mol. The van der Waals surface area contributed by atoms with E-state index in [4.69, 9.17) is 10.5 Å². The van der Waals surface area contributed by atoms with Crippen LogP contribution in [0.1, 0.15) is 33.1 Å². The molecule has 2 atom stereocenters. The SMILES string of the molecule is CC(C)(N)CC(=O)N1CC2CCC(C1)O2. The fourth-order valence-electron chi connectivity index (χ4n) is 2.32. The summed E-state index contributed by atoms with van der Waals surface area (Å²) in [6.45, 7) is 5.29. The van der Waals surface area contributed by atoms with Gasteiger partial charge in [-0.3, -0.25) is 4.79 Å². The zero-order chi connectivity index (χ0) is 11.1. The standard InChI is InChI=1S/C11H20N2O2/c1-11(2,12)5-10(14)13-6-8-3-4-9(7-13)15-8/h8-9H,3-7,12H2,1-2H3. The highest BCUT2D eigenvalue weighted by molar-refractivity contribution is 5.77. The van der Waals surface area contributed by atoms with Gasteiger partial charge in [-0.2, -0.15) is 0 Å². The highest BCUT2D eigenvalue weighted by Crippen LogP contribution is 2.26. The summed E-state index contributed by atoms with van der Waals surface area (Å²) in [6, 6.07) is 0. The number of fused-ring (bicyclic) bond motifs is 2. The van der Waals surface area contributed by atoms with E-state index in [0.29, 0.717) is 6.42 Å². The molecule has 2 bridgehead atoms. The van der Waals surface area contributed by atoms with Crippen molar-refractivity contribution in [1.82, 2.24) is 4.90 Å². The van der Waals surface area contributed by atoms with E-state index in [1.54, 1.807) is 0 Å². The molecular weight excluding hydrogens is 192 g/mol. The average Bonchev–Trinajstić information content (AvgIpc) is 2.42. The Bertz CT molecular complexity index is 248. The van der Waals surface area contributed by atoms with E-state index in [1.165, 1.54) is 0 Å². The summed E-state index contributed by atoms with van der Waals surface area (Å²) in [7, 11) is 0. The molecule has 2 unspecified atom stereocenters. The maximum absolute atomic E-state index is 11.9. The molecule has 0 aromatic rings. The maximum atomic E-state index is 11.9. The summed E-state index contributed by atoms with van der Waals surface area (Å²) in [4.78, 5) is 13.8. The molecule has 4 heteroatoms. The maximum Gasteiger partial charge on any atom is 0.224 e. The largest absolute Gasteiger partial charge is 0.371 e. The zero-order valence-electron chi connectivity index (χ0n) is 9.53. The fourth-order valence-corrected chi connectivity index (χ4v) is 2.32. The lowest BCUT2D eigenvalue weighted by Gasteiger charge is -2.33. The highest BCUT2D eigenvalue weighted by atomic mass is 16.5. The van der Waals surface area contributed by atoms with E-state index >= 15 is 0 Å². The van der Waals surface area contributed by atoms with Crippen molar-refractivity contribution in [2.24, 2.45) is 5.73 Å². The minimum atomic E-state index is -0.408. The monoisotopic (exact) mass is 212 g/mol. The average molecular weight is 212 g/mol. The van der Waals surface area contributed by atoms with Gasteiger partial charge in [0.15, 0.2) is 0 Å². The molecule has 0 aromatic carbocycles. The van der Waals surface area contributed by atoms with Gasteiger partial charge in [-0.25, -0.2) is 0 Å². The van der Waals surface area contributed by atoms with Crippen LogP contribution >= 0.6 is 0 Å². The Balaban J connectivity index is 1.91. The highest BCUT2D eigenvalue weighted by Gasteiger charge is 2.36. The number of amides is 1. The van der Waals surface area contributed by atoms with E-state index in [-0.39, 0.29) is 18.1 Å². The predicted octanol–water partition coefficient (Wildman–Crippen LogP) is 0.504. The van der Waals surface area contributed by atoms with Gasteiger partial charge in [-0.15, -0.1) is 0 Å². The first-order valence-electron chi connectivity index (χ1n) is 5.66. The smallest absolute Gasteiger partial charge is 0.224 e. The zero-order valence-corrected chi connectivity index (χ0v) is 9.53. The number of carbonyl (C=O) groups is 1. The topological polar surface area (TPSA) is 55.6 Å². The number of nitrogens with two attached hydrogens (primary N) is 1. The van der Waals surface area contributed by atoms with Crippen molar-refractivity contribution in [2.75, 3.05) is 13.1 Å². The van der Waals surface area contributed by atoms with E-state index in [0.717, 1.165) is 25.9 Å². The molecule has 0 aliphatic carbocycles. The summed E-state index contributed by atoms with van der Waals surface area (Å²) in [6.07, 6.45) is 3.16. The van der Waals surface area contributed by atoms with Crippen LogP contribution in [0.15, 0.2) is 0 Å². The molecule has 1 amide bonds. The van der Waals surface area contributed by atoms with Crippen LogP contribution in [0.2, 0.25) is 0 Å². The molecule has 0 saturated carbocycles. The third-order valence-electron chi connectivity index (χ3n) is 3.00. The Hall–Kier alpha value is -0.610. The van der Waals surface area contributed by atoms with E-state index in [2.05, 4.69) is 0 Å². The van der Waals surface area contributed by atoms with E-state index < -0.39 is 5.54 Å². The van der Waals surface area contributed by atoms with Crippen molar-refractivity contribution in [1.29, 1.82) is 0 Å². The van der Waals surface area contributed by atoms with Gasteiger partial charge < -0.3 is 15.4 Å². The first kappa shape index (κ1) is 10.9. The number of hydrogen-bond donors (Lipinski definition) is 1. The molecule has 0 spiro atoms. The number of morpholine rings is 1. The lowest BCUT2D eigenvalue weighted by atomic mass is 10.0. The molecule has 15 heavy (non-hydrogen) atoms. The first-order valence-corrected chi connectivity index (χ1v) is 5.66. The van der Waals surface area contributed by atoms with Crippen LogP contribution < -0.4 is 5.73 Å². The van der Waals surface area contributed by atoms with E-state index in [9.17, 15) is 4.79 Å². The molecule has 0 aromatic heterocycles. The lowest BCUT2D eigenvalue weighted by Crippen LogP contribution is -2.48. The fraction of sp³-hybridized carbons (Fsp3) is 0.909. The molecule has 2 aliphatic heterocycles. The Morgan fingerprint density at radius 1 is 1.40 bits per heavy atom. The number of nitrogens with zero attached hydrogens (tertiary/aromatic N) is 1. The minimum absolute atomic E-state index is 0.169. The molecule has 86 valence electrons. The minimum Gasteiger partial charge on any atom is -0.371 e. The summed E-state index contributed by atoms with van der Waals surface area (Å²) in [5.41, 5.74) is 5.44. The summed E-state index contributed by atoms with van der Waals surface area (Å²) in [5.74, 6) is 0.169. The molecule has 0 radical (unpaired) electrons. The molecule has 2 saturated heterocycles. The van der Waals surface area contributed by atoms with Crippen molar-refractivity contribution >= 4 is 5.91 Å². The Labute approximate surface area is 90.8 Å². The quantitative estimate of drug-likeness (QED) is 0.725. The van der Waals surface area contributed by atoms with Gasteiger partial charge in [0.1, 0.15) is 0 Å². The van der Waals surface area contributed by atoms with E-state index in [1.807, 2.05) is 18.7 Å². The molecular formula is C11H20N2O2. The van der Waals surface area contributed by atoms with Crippen LogP contribution in [-0.2, 0) is 9.53 Å². The molecule has 2 N–H and O–H groups in total. The van der Waals surface area contributed by atoms with Gasteiger partial charge in [-0.1, -0.05) is 0 Å². The van der Waals surface area contributed by atoms with Crippen LogP contribution in [-0.4, -0.2) is 41.6 Å². The van der Waals surface area contributed by atoms with Gasteiger partial charge in [0, 0.05) is 25.0 Å². The van der Waals surface area contributed by atoms with Crippen molar-refractivity contribution in [3.8, 4) is 0 Å². The van der Waals surface area contributed by atoms with Crippen LogP contribution in [0, 0.1) is 0 Å². The molecule has 4 nitrogen and oxygen atoms in total. The van der Waals surface area contributed by atoms with Gasteiger partial charge in [0.05, 0.1) is 12.2 Å². The number of ether oxygens (including phenoxy) is 1. The molecule has 2 heterocycles. The third kappa shape index (κ3) is 2.69. The second-order valence-electron chi connectivity index (χ2n) is 5.42. The normalized spacial score (nSPS) is 30.7. The van der Waals surface area contributed by atoms with Gasteiger partial charge in [-0.05, 0) is 26.7 Å². The molecule has 2 fully saturated rings. The third-order valence-corrected chi connectivity index (χ3v) is 3.00. The Kier molecular flexibility index (Phi) is 2.73. The first-order chi connectivity index (χ1) is 6.94. The van der Waals surface area contributed by atoms with Crippen LogP contribution in [0.3, 0.4) is 0 Å². The second kappa shape index (κ2) is 3.76. The van der Waals surface area contributed by atoms with Crippen molar-refractivity contribution in [3.63, 3.8) is 0 Å². The van der Waals surface area contributed by atoms with Gasteiger partial charge in [0.25, 0.3) is 0 Å². The summed E-state index contributed by atoms with van der Waals surface area (Å²) in [5, 5.41) is 0. The Morgan fingerprint density at radius 2 is 1.93 bits per heavy atom. The van der Waals surface area contributed by atoms with Gasteiger partial charge in [0.2, 0.25) is 5.91 Å². The lowest BCUT2D eigenvalue weighted by molar-refractivity contribution is -0.140.